The van der Waals surface area contributed by atoms with E-state index in [1.54, 1.807) is 0 Å². The number of aliphatic hydroxyl groups excluding tert-OH is 1. The molecule has 2 N–H and O–H groups in total. The summed E-state index contributed by atoms with van der Waals surface area (Å²) in [6, 6.07) is 3.43. The first kappa shape index (κ1) is 14.4. The zero-order valence-corrected chi connectivity index (χ0v) is 11.0. The second-order valence-electron chi connectivity index (χ2n) is 5.16. The number of rotatable bonds is 6. The SMILES string of the molecule is CCC(NCC1(CO)COC1)c1ccc(F)cc1F. The van der Waals surface area contributed by atoms with Crippen LogP contribution in [0.15, 0.2) is 18.2 Å². The first-order chi connectivity index (χ1) is 9.10. The molecule has 0 bridgehead atoms. The standard InChI is InChI=1S/C14H19F2NO2/c1-2-13(11-4-3-10(15)5-12(11)16)17-6-14(7-18)8-19-9-14/h3-5,13,17-18H,2,6-9H2,1H3. The minimum Gasteiger partial charge on any atom is -0.396 e. The summed E-state index contributed by atoms with van der Waals surface area (Å²) >= 11 is 0. The number of hydrogen-bond acceptors (Lipinski definition) is 3. The van der Waals surface area contributed by atoms with Gasteiger partial charge in [-0.3, -0.25) is 0 Å². The fraction of sp³-hybridized carbons (Fsp3) is 0.571. The average Bonchev–Trinajstić information content (AvgIpc) is 2.34. The molecule has 1 aromatic carbocycles. The van der Waals surface area contributed by atoms with Crippen LogP contribution < -0.4 is 5.32 Å². The summed E-state index contributed by atoms with van der Waals surface area (Å²) in [7, 11) is 0. The van der Waals surface area contributed by atoms with Crippen LogP contribution in [0.2, 0.25) is 0 Å². The van der Waals surface area contributed by atoms with Gasteiger partial charge in [0.25, 0.3) is 0 Å². The van der Waals surface area contributed by atoms with Crippen molar-refractivity contribution in [3.8, 4) is 0 Å². The number of aliphatic hydroxyl groups is 1. The number of hydrogen-bond donors (Lipinski definition) is 2. The zero-order chi connectivity index (χ0) is 13.9. The van der Waals surface area contributed by atoms with Gasteiger partial charge in [0, 0.05) is 24.2 Å². The number of benzene rings is 1. The number of halogens is 2. The summed E-state index contributed by atoms with van der Waals surface area (Å²) in [5.41, 5.74) is 0.196. The largest absolute Gasteiger partial charge is 0.396 e. The zero-order valence-electron chi connectivity index (χ0n) is 11.0. The van der Waals surface area contributed by atoms with Crippen LogP contribution in [0.1, 0.15) is 24.9 Å². The molecule has 0 aromatic heterocycles. The predicted octanol–water partition coefficient (Wildman–Crippen LogP) is 2.01. The van der Waals surface area contributed by atoms with E-state index < -0.39 is 11.6 Å². The Morgan fingerprint density at radius 3 is 2.63 bits per heavy atom. The van der Waals surface area contributed by atoms with Gasteiger partial charge < -0.3 is 15.2 Å². The predicted molar refractivity (Wildman–Crippen MR) is 67.7 cm³/mol. The average molecular weight is 271 g/mol. The van der Waals surface area contributed by atoms with E-state index in [1.165, 1.54) is 12.1 Å². The lowest BCUT2D eigenvalue weighted by atomic mass is 9.86. The topological polar surface area (TPSA) is 41.5 Å². The van der Waals surface area contributed by atoms with Crippen LogP contribution in [0.5, 0.6) is 0 Å². The van der Waals surface area contributed by atoms with Crippen molar-refractivity contribution in [2.24, 2.45) is 5.41 Å². The third-order valence-electron chi connectivity index (χ3n) is 3.62. The maximum atomic E-state index is 13.7. The lowest BCUT2D eigenvalue weighted by Gasteiger charge is -2.41. The summed E-state index contributed by atoms with van der Waals surface area (Å²) in [5, 5.41) is 12.6. The molecule has 1 saturated heterocycles. The Bertz CT molecular complexity index is 430. The molecule has 0 saturated carbocycles. The second kappa shape index (κ2) is 5.94. The van der Waals surface area contributed by atoms with Gasteiger partial charge in [0.15, 0.2) is 0 Å². The summed E-state index contributed by atoms with van der Waals surface area (Å²) in [5.74, 6) is -1.11. The third-order valence-corrected chi connectivity index (χ3v) is 3.62. The maximum Gasteiger partial charge on any atom is 0.130 e. The van der Waals surface area contributed by atoms with E-state index in [1.807, 2.05) is 6.92 Å². The Morgan fingerprint density at radius 1 is 1.42 bits per heavy atom. The van der Waals surface area contributed by atoms with Crippen molar-refractivity contribution >= 4 is 0 Å². The van der Waals surface area contributed by atoms with Gasteiger partial charge in [0.1, 0.15) is 11.6 Å². The van der Waals surface area contributed by atoms with E-state index in [2.05, 4.69) is 5.32 Å². The summed E-state index contributed by atoms with van der Waals surface area (Å²) < 4.78 is 31.7. The highest BCUT2D eigenvalue weighted by atomic mass is 19.1. The lowest BCUT2D eigenvalue weighted by molar-refractivity contribution is -0.135. The Kier molecular flexibility index (Phi) is 4.50. The molecule has 0 radical (unpaired) electrons. The van der Waals surface area contributed by atoms with Crippen molar-refractivity contribution in [1.29, 1.82) is 0 Å². The van der Waals surface area contributed by atoms with Crippen LogP contribution in [-0.2, 0) is 4.74 Å². The van der Waals surface area contributed by atoms with Crippen LogP contribution in [0.3, 0.4) is 0 Å². The van der Waals surface area contributed by atoms with Gasteiger partial charge in [-0.2, -0.15) is 0 Å². The van der Waals surface area contributed by atoms with Crippen molar-refractivity contribution < 1.29 is 18.6 Å². The monoisotopic (exact) mass is 271 g/mol. The quantitative estimate of drug-likeness (QED) is 0.831. The van der Waals surface area contributed by atoms with Crippen LogP contribution in [-0.4, -0.2) is 31.5 Å². The molecule has 1 unspecified atom stereocenters. The molecule has 1 fully saturated rings. The van der Waals surface area contributed by atoms with Crippen LogP contribution in [0.25, 0.3) is 0 Å². The van der Waals surface area contributed by atoms with Crippen molar-refractivity contribution in [2.45, 2.75) is 19.4 Å². The molecule has 1 heterocycles. The summed E-state index contributed by atoms with van der Waals surface area (Å²) in [4.78, 5) is 0. The van der Waals surface area contributed by atoms with Gasteiger partial charge in [-0.05, 0) is 12.5 Å². The van der Waals surface area contributed by atoms with E-state index in [-0.39, 0.29) is 18.1 Å². The van der Waals surface area contributed by atoms with Crippen molar-refractivity contribution in [2.75, 3.05) is 26.4 Å². The lowest BCUT2D eigenvalue weighted by Crippen LogP contribution is -2.52. The molecule has 0 spiro atoms. The second-order valence-corrected chi connectivity index (χ2v) is 5.16. The summed E-state index contributed by atoms with van der Waals surface area (Å²) in [6.07, 6.45) is 0.685. The highest BCUT2D eigenvalue weighted by Gasteiger charge is 2.38. The highest BCUT2D eigenvalue weighted by Crippen LogP contribution is 2.28. The van der Waals surface area contributed by atoms with E-state index >= 15 is 0 Å². The van der Waals surface area contributed by atoms with Crippen molar-refractivity contribution in [1.82, 2.24) is 5.32 Å². The van der Waals surface area contributed by atoms with E-state index in [0.717, 1.165) is 6.07 Å². The van der Waals surface area contributed by atoms with Crippen molar-refractivity contribution in [3.05, 3.63) is 35.4 Å². The Balaban J connectivity index is 2.03. The highest BCUT2D eigenvalue weighted by molar-refractivity contribution is 5.22. The van der Waals surface area contributed by atoms with Crippen LogP contribution >= 0.6 is 0 Å². The summed E-state index contributed by atoms with van der Waals surface area (Å²) in [6.45, 7) is 3.56. The first-order valence-corrected chi connectivity index (χ1v) is 6.47. The van der Waals surface area contributed by atoms with Crippen molar-refractivity contribution in [3.63, 3.8) is 0 Å². The van der Waals surface area contributed by atoms with Gasteiger partial charge in [-0.1, -0.05) is 13.0 Å². The van der Waals surface area contributed by atoms with E-state index in [9.17, 15) is 13.9 Å². The fourth-order valence-electron chi connectivity index (χ4n) is 2.24. The molecular formula is C14H19F2NO2. The smallest absolute Gasteiger partial charge is 0.130 e. The molecule has 1 aromatic rings. The minimum atomic E-state index is -0.574. The maximum absolute atomic E-state index is 13.7. The van der Waals surface area contributed by atoms with Crippen LogP contribution in [0.4, 0.5) is 8.78 Å². The number of nitrogens with one attached hydrogen (secondary N) is 1. The molecule has 19 heavy (non-hydrogen) atoms. The van der Waals surface area contributed by atoms with Gasteiger partial charge in [-0.25, -0.2) is 8.78 Å². The molecule has 5 heteroatoms. The third kappa shape index (κ3) is 3.11. The molecule has 1 atom stereocenters. The Labute approximate surface area is 111 Å². The molecule has 2 rings (SSSR count). The Hall–Kier alpha value is -1.04. The van der Waals surface area contributed by atoms with Crippen LogP contribution in [0, 0.1) is 17.0 Å². The number of ether oxygens (including phenoxy) is 1. The normalized spacial score (nSPS) is 18.9. The van der Waals surface area contributed by atoms with E-state index in [0.29, 0.717) is 31.7 Å². The first-order valence-electron chi connectivity index (χ1n) is 6.47. The molecule has 3 nitrogen and oxygen atoms in total. The fourth-order valence-corrected chi connectivity index (χ4v) is 2.24. The molecule has 1 aliphatic rings. The van der Waals surface area contributed by atoms with Gasteiger partial charge in [-0.15, -0.1) is 0 Å². The van der Waals surface area contributed by atoms with Gasteiger partial charge >= 0.3 is 0 Å². The molecule has 0 aliphatic carbocycles. The molecule has 0 amide bonds. The van der Waals surface area contributed by atoms with E-state index in [4.69, 9.17) is 4.74 Å². The minimum absolute atomic E-state index is 0.0440. The Morgan fingerprint density at radius 2 is 2.16 bits per heavy atom. The molecule has 1 aliphatic heterocycles. The van der Waals surface area contributed by atoms with Gasteiger partial charge in [0.2, 0.25) is 0 Å². The molecular weight excluding hydrogens is 252 g/mol. The molecule has 106 valence electrons. The van der Waals surface area contributed by atoms with Gasteiger partial charge in [0.05, 0.1) is 25.2 Å².